The highest BCUT2D eigenvalue weighted by Gasteiger charge is 2.04. The van der Waals surface area contributed by atoms with E-state index in [-0.39, 0.29) is 6.61 Å². The van der Waals surface area contributed by atoms with Gasteiger partial charge in [-0.05, 0) is 19.3 Å². The lowest BCUT2D eigenvalue weighted by Gasteiger charge is -2.23. The second-order valence-corrected chi connectivity index (χ2v) is 11.7. The Morgan fingerprint density at radius 1 is 0.545 bits per heavy atom. The minimum Gasteiger partial charge on any atom is -0.726 e. The lowest BCUT2D eigenvalue weighted by molar-refractivity contribution is -0.870. The smallest absolute Gasteiger partial charge is 0.217 e. The summed E-state index contributed by atoms with van der Waals surface area (Å²) in [6.45, 7) is 5.86. The fourth-order valence-electron chi connectivity index (χ4n) is 3.82. The van der Waals surface area contributed by atoms with Gasteiger partial charge < -0.3 is 9.04 Å². The number of hydrogen-bond donors (Lipinski definition) is 0. The first-order chi connectivity index (χ1) is 15.6. The first kappa shape index (κ1) is 35.0. The number of rotatable bonds is 23. The first-order valence-corrected chi connectivity index (χ1v) is 15.4. The summed E-state index contributed by atoms with van der Waals surface area (Å²) >= 11 is 0. The SMILES string of the molecule is CCCCCCCCCCCCOS(=O)(=O)[O-].CCCCCCCCCCCC[N+](C)(C)C. The van der Waals surface area contributed by atoms with Crippen LogP contribution in [0.5, 0.6) is 0 Å². The summed E-state index contributed by atoms with van der Waals surface area (Å²) in [6.07, 6.45) is 26.1. The zero-order valence-corrected chi connectivity index (χ0v) is 23.9. The molecule has 5 nitrogen and oxygen atoms in total. The van der Waals surface area contributed by atoms with Crippen molar-refractivity contribution in [2.45, 2.75) is 142 Å². The van der Waals surface area contributed by atoms with Crippen LogP contribution in [0.3, 0.4) is 0 Å². The lowest BCUT2D eigenvalue weighted by atomic mass is 10.1. The first-order valence-electron chi connectivity index (χ1n) is 14.0. The molecule has 0 unspecified atom stereocenters. The molecule has 0 aromatic carbocycles. The highest BCUT2D eigenvalue weighted by molar-refractivity contribution is 7.80. The van der Waals surface area contributed by atoms with Gasteiger partial charge in [-0.15, -0.1) is 0 Å². The van der Waals surface area contributed by atoms with E-state index in [1.165, 1.54) is 116 Å². The molecule has 0 fully saturated rings. The molecule has 0 N–H and O–H groups in total. The van der Waals surface area contributed by atoms with Crippen LogP contribution in [-0.2, 0) is 14.6 Å². The van der Waals surface area contributed by atoms with E-state index in [1.54, 1.807) is 0 Å². The molecule has 0 atom stereocenters. The molecule has 0 saturated carbocycles. The average molecular weight is 494 g/mol. The van der Waals surface area contributed by atoms with Gasteiger partial charge in [0, 0.05) is 0 Å². The highest BCUT2D eigenvalue weighted by atomic mass is 32.3. The predicted molar refractivity (Wildman–Crippen MR) is 142 cm³/mol. The summed E-state index contributed by atoms with van der Waals surface area (Å²) in [5.41, 5.74) is 0. The van der Waals surface area contributed by atoms with Gasteiger partial charge in [-0.1, -0.05) is 123 Å². The van der Waals surface area contributed by atoms with Crippen LogP contribution in [0.2, 0.25) is 0 Å². The molecule has 0 aliphatic rings. The van der Waals surface area contributed by atoms with Crippen LogP contribution in [-0.4, -0.2) is 51.7 Å². The van der Waals surface area contributed by atoms with Gasteiger partial charge in [0.05, 0.1) is 34.3 Å². The van der Waals surface area contributed by atoms with Crippen LogP contribution in [0.1, 0.15) is 142 Å². The molecular formula is C27H59NO4S. The van der Waals surface area contributed by atoms with Crippen molar-refractivity contribution in [1.82, 2.24) is 0 Å². The molecular weight excluding hydrogens is 434 g/mol. The van der Waals surface area contributed by atoms with Crippen LogP contribution in [0.15, 0.2) is 0 Å². The molecule has 202 valence electrons. The van der Waals surface area contributed by atoms with Crippen LogP contribution >= 0.6 is 0 Å². The standard InChI is InChI=1S/C15H34N.C12H26O4S/c1-5-6-7-8-9-10-11-12-13-14-15-16(2,3)4;1-2-3-4-5-6-7-8-9-10-11-12-16-17(13,14)15/h5-15H2,1-4H3;2-12H2,1H3,(H,13,14,15)/q+1;/p-1. The fourth-order valence-corrected chi connectivity index (χ4v) is 4.15. The molecule has 0 amide bonds. The third-order valence-electron chi connectivity index (χ3n) is 5.91. The molecule has 33 heavy (non-hydrogen) atoms. The van der Waals surface area contributed by atoms with E-state index in [2.05, 4.69) is 39.2 Å². The van der Waals surface area contributed by atoms with Crippen molar-refractivity contribution in [3.8, 4) is 0 Å². The topological polar surface area (TPSA) is 66.4 Å². The summed E-state index contributed by atoms with van der Waals surface area (Å²) in [7, 11) is 2.37. The Hall–Kier alpha value is -0.170. The Morgan fingerprint density at radius 3 is 1.15 bits per heavy atom. The second kappa shape index (κ2) is 24.9. The highest BCUT2D eigenvalue weighted by Crippen LogP contribution is 2.12. The van der Waals surface area contributed by atoms with Gasteiger partial charge in [0.15, 0.2) is 0 Å². The lowest BCUT2D eigenvalue weighted by Crippen LogP contribution is -2.35. The molecule has 0 aliphatic carbocycles. The van der Waals surface area contributed by atoms with E-state index in [9.17, 15) is 13.0 Å². The molecule has 6 heteroatoms. The van der Waals surface area contributed by atoms with Gasteiger partial charge in [-0.25, -0.2) is 8.42 Å². The monoisotopic (exact) mass is 493 g/mol. The molecule has 0 aliphatic heterocycles. The van der Waals surface area contributed by atoms with Gasteiger partial charge in [-0.2, -0.15) is 0 Å². The van der Waals surface area contributed by atoms with Crippen molar-refractivity contribution in [1.29, 1.82) is 0 Å². The van der Waals surface area contributed by atoms with E-state index in [1.807, 2.05) is 0 Å². The zero-order valence-electron chi connectivity index (χ0n) is 23.0. The third-order valence-corrected chi connectivity index (χ3v) is 6.36. The van der Waals surface area contributed by atoms with Gasteiger partial charge in [-0.3, -0.25) is 4.18 Å². The van der Waals surface area contributed by atoms with Crippen molar-refractivity contribution in [3.63, 3.8) is 0 Å². The van der Waals surface area contributed by atoms with Crippen molar-refractivity contribution >= 4 is 10.4 Å². The summed E-state index contributed by atoms with van der Waals surface area (Å²) < 4.78 is 35.6. The Labute approximate surface area is 208 Å². The van der Waals surface area contributed by atoms with E-state index >= 15 is 0 Å². The minimum atomic E-state index is -4.48. The Kier molecular flexibility index (Phi) is 26.4. The largest absolute Gasteiger partial charge is 0.726 e. The zero-order chi connectivity index (χ0) is 25.3. The number of quaternary nitrogens is 1. The van der Waals surface area contributed by atoms with Crippen molar-refractivity contribution in [3.05, 3.63) is 0 Å². The third kappa shape index (κ3) is 39.3. The quantitative estimate of drug-likeness (QED) is 0.0626. The fraction of sp³-hybridized carbons (Fsp3) is 1.00. The second-order valence-electron chi connectivity index (χ2n) is 10.6. The van der Waals surface area contributed by atoms with E-state index in [0.29, 0.717) is 6.42 Å². The van der Waals surface area contributed by atoms with Gasteiger partial charge in [0.2, 0.25) is 10.4 Å². The van der Waals surface area contributed by atoms with Crippen LogP contribution < -0.4 is 0 Å². The maximum Gasteiger partial charge on any atom is 0.217 e. The number of unbranched alkanes of at least 4 members (excludes halogenated alkanes) is 18. The molecule has 0 bridgehead atoms. The summed E-state index contributed by atoms with van der Waals surface area (Å²) in [5, 5.41) is 0. The maximum absolute atomic E-state index is 10.1. The van der Waals surface area contributed by atoms with Crippen LogP contribution in [0.4, 0.5) is 0 Å². The minimum absolute atomic E-state index is 0.0301. The Balaban J connectivity index is 0. The summed E-state index contributed by atoms with van der Waals surface area (Å²) in [5.74, 6) is 0. The van der Waals surface area contributed by atoms with Crippen molar-refractivity contribution in [2.24, 2.45) is 0 Å². The molecule has 0 aromatic heterocycles. The van der Waals surface area contributed by atoms with E-state index in [0.717, 1.165) is 17.3 Å². The van der Waals surface area contributed by atoms with Crippen LogP contribution in [0, 0.1) is 0 Å². The normalized spacial score (nSPS) is 11.9. The van der Waals surface area contributed by atoms with Crippen LogP contribution in [0.25, 0.3) is 0 Å². The average Bonchev–Trinajstić information content (AvgIpc) is 2.72. The summed E-state index contributed by atoms with van der Waals surface area (Å²) in [4.78, 5) is 0. The van der Waals surface area contributed by atoms with Crippen molar-refractivity contribution in [2.75, 3.05) is 34.3 Å². The van der Waals surface area contributed by atoms with Gasteiger partial charge >= 0.3 is 0 Å². The van der Waals surface area contributed by atoms with Gasteiger partial charge in [0.25, 0.3) is 0 Å². The van der Waals surface area contributed by atoms with E-state index < -0.39 is 10.4 Å². The number of nitrogens with zero attached hydrogens (tertiary/aromatic N) is 1. The number of hydrogen-bond acceptors (Lipinski definition) is 4. The predicted octanol–water partition coefficient (Wildman–Crippen LogP) is 8.00. The van der Waals surface area contributed by atoms with Crippen molar-refractivity contribution < 1.29 is 21.6 Å². The summed E-state index contributed by atoms with van der Waals surface area (Å²) in [6, 6.07) is 0. The molecule has 0 spiro atoms. The van der Waals surface area contributed by atoms with Gasteiger partial charge in [0.1, 0.15) is 0 Å². The maximum atomic E-state index is 10.1. The molecule has 0 radical (unpaired) electrons. The molecule has 0 rings (SSSR count). The van der Waals surface area contributed by atoms with E-state index in [4.69, 9.17) is 0 Å². The molecule has 0 saturated heterocycles. The Bertz CT molecular complexity index is 475. The molecule has 0 aromatic rings. The molecule has 0 heterocycles. The Morgan fingerprint density at radius 2 is 0.848 bits per heavy atom.